The van der Waals surface area contributed by atoms with Gasteiger partial charge in [0.15, 0.2) is 0 Å². The third-order valence-electron chi connectivity index (χ3n) is 0. The highest BCUT2D eigenvalue weighted by Gasteiger charge is 2.22. The van der Waals surface area contributed by atoms with Crippen LogP contribution in [0.1, 0.15) is 0 Å². The molecule has 68 valence electrons. The first-order chi connectivity index (χ1) is 4.00. The van der Waals surface area contributed by atoms with Crippen molar-refractivity contribution < 1.29 is 38.4 Å². The van der Waals surface area contributed by atoms with Gasteiger partial charge in [0.2, 0.25) is 0 Å². The molecule has 0 unspecified atom stereocenters. The molecule has 8 N–H and O–H groups in total. The first kappa shape index (κ1) is 17.8. The highest BCUT2D eigenvalue weighted by molar-refractivity contribution is 6.47. The maximum absolute atomic E-state index is 7.33. The van der Waals surface area contributed by atoms with Crippen molar-refractivity contribution in [3.8, 4) is 0 Å². The molecule has 0 aliphatic carbocycles. The fourth-order valence-electron chi connectivity index (χ4n) is 0. The highest BCUT2D eigenvalue weighted by Crippen LogP contribution is 1.67. The normalized spacial score (nSPS) is 10.9. The topological polar surface area (TPSA) is 162 Å². The molecule has 0 radical (unpaired) electrons. The minimum absolute atomic E-state index is 0. The first-order valence-corrected chi connectivity index (χ1v) is 5.37. The third-order valence-corrected chi connectivity index (χ3v) is 0. The molecule has 0 heterocycles. The molecule has 0 aliphatic heterocycles. The maximum Gasteiger partial charge on any atom is 0.668 e. The minimum Gasteiger partial charge on any atom is -0.368 e. The van der Waals surface area contributed by atoms with E-state index in [1.54, 1.807) is 0 Å². The summed E-state index contributed by atoms with van der Waals surface area (Å²) >= 11 is 0. The van der Waals surface area contributed by atoms with Gasteiger partial charge in [0.05, 0.1) is 0 Å². The van der Waals surface area contributed by atoms with Crippen LogP contribution in [-0.2, 0) is 0 Å². The summed E-state index contributed by atoms with van der Waals surface area (Å²) in [5.41, 5.74) is 0. The van der Waals surface area contributed by atoms with E-state index >= 15 is 0 Å². The molecule has 0 fully saturated rings. The average molecular weight is 219 g/mol. The standard InChI is InChI=1S/Mg.2H4O4Si.2H/c;2*1-5(2,3)4;;/h;2*1-4H;;. The van der Waals surface area contributed by atoms with Crippen LogP contribution in [-0.4, -0.2) is 79.5 Å². The molecule has 0 rings (SSSR count). The largest absolute Gasteiger partial charge is 0.668 e. The van der Waals surface area contributed by atoms with Crippen LogP contribution >= 0.6 is 0 Å². The third kappa shape index (κ3) is 1110. The summed E-state index contributed by atoms with van der Waals surface area (Å²) in [4.78, 5) is 58.6. The lowest BCUT2D eigenvalue weighted by atomic mass is 15.7. The van der Waals surface area contributed by atoms with Gasteiger partial charge in [0.25, 0.3) is 0 Å². The van der Waals surface area contributed by atoms with Crippen molar-refractivity contribution in [1.82, 2.24) is 0 Å². The van der Waals surface area contributed by atoms with E-state index in [4.69, 9.17) is 38.4 Å². The summed E-state index contributed by atoms with van der Waals surface area (Å²) in [6.07, 6.45) is 0. The van der Waals surface area contributed by atoms with Crippen LogP contribution in [0, 0.1) is 0 Å². The second-order valence-electron chi connectivity index (χ2n) is 1.20. The Kier molecular flexibility index (Phi) is 10.4. The smallest absolute Gasteiger partial charge is 0.368 e. The molecule has 11 heavy (non-hydrogen) atoms. The summed E-state index contributed by atoms with van der Waals surface area (Å²) in [5, 5.41) is 0. The van der Waals surface area contributed by atoms with Gasteiger partial charge in [-0.25, -0.2) is 0 Å². The van der Waals surface area contributed by atoms with Gasteiger partial charge in [-0.15, -0.1) is 0 Å². The number of hydrogen-bond donors (Lipinski definition) is 8. The molecule has 0 bridgehead atoms. The quantitative estimate of drug-likeness (QED) is 0.186. The van der Waals surface area contributed by atoms with Gasteiger partial charge in [0, 0.05) is 0 Å². The van der Waals surface area contributed by atoms with E-state index in [0.29, 0.717) is 0 Å². The van der Waals surface area contributed by atoms with Gasteiger partial charge in [0.1, 0.15) is 0 Å². The molecule has 0 saturated carbocycles. The van der Waals surface area contributed by atoms with Crippen LogP contribution in [0.2, 0.25) is 0 Å². The van der Waals surface area contributed by atoms with Gasteiger partial charge in [-0.2, -0.15) is 0 Å². The van der Waals surface area contributed by atoms with E-state index in [2.05, 4.69) is 0 Å². The number of rotatable bonds is 0. The van der Waals surface area contributed by atoms with E-state index in [9.17, 15) is 0 Å². The second-order valence-corrected chi connectivity index (χ2v) is 3.60. The van der Waals surface area contributed by atoms with Gasteiger partial charge >= 0.3 is 41.1 Å². The second kappa shape index (κ2) is 6.40. The lowest BCUT2D eigenvalue weighted by Crippen LogP contribution is -2.33. The summed E-state index contributed by atoms with van der Waals surface area (Å²) in [6.45, 7) is 0. The molecule has 0 aliphatic rings. The van der Waals surface area contributed by atoms with Crippen LogP contribution in [0.3, 0.4) is 0 Å². The van der Waals surface area contributed by atoms with Gasteiger partial charge in [-0.3, -0.25) is 0 Å². The Labute approximate surface area is 79.8 Å². The molecule has 0 saturated heterocycles. The van der Waals surface area contributed by atoms with E-state index in [1.807, 2.05) is 0 Å². The zero-order chi connectivity index (χ0) is 9.00. The van der Waals surface area contributed by atoms with Crippen LogP contribution in [0.15, 0.2) is 0 Å². The summed E-state index contributed by atoms with van der Waals surface area (Å²) in [6, 6.07) is 0. The first-order valence-electron chi connectivity index (χ1n) is 1.79. The summed E-state index contributed by atoms with van der Waals surface area (Å²) in [5.74, 6) is 0. The van der Waals surface area contributed by atoms with Crippen molar-refractivity contribution in [3.63, 3.8) is 0 Å². The molecule has 8 nitrogen and oxygen atoms in total. The predicted octanol–water partition coefficient (Wildman–Crippen LogP) is -6.13. The fourth-order valence-corrected chi connectivity index (χ4v) is 0. The Balaban J connectivity index is -0.000000107. The van der Waals surface area contributed by atoms with E-state index in [1.165, 1.54) is 0 Å². The molecule has 11 heteroatoms. The van der Waals surface area contributed by atoms with E-state index < -0.39 is 18.1 Å². The Hall–Kier alpha value is 0.880. The molecule has 0 amide bonds. The monoisotopic (exact) mass is 218 g/mol. The van der Waals surface area contributed by atoms with Crippen LogP contribution < -0.4 is 0 Å². The molecule has 0 atom stereocenters. The minimum atomic E-state index is -4.61. The fraction of sp³-hybridized carbons (Fsp3) is 0. The van der Waals surface area contributed by atoms with Crippen LogP contribution in [0.25, 0.3) is 0 Å². The van der Waals surface area contributed by atoms with Crippen LogP contribution in [0.5, 0.6) is 0 Å². The maximum atomic E-state index is 7.33. The Morgan fingerprint density at radius 1 is 0.455 bits per heavy atom. The molecular formula is H10MgO8Si2. The van der Waals surface area contributed by atoms with Crippen molar-refractivity contribution in [2.24, 2.45) is 0 Å². The Morgan fingerprint density at radius 2 is 0.455 bits per heavy atom. The molecular weight excluding hydrogens is 208 g/mol. The lowest BCUT2D eigenvalue weighted by molar-refractivity contribution is 0.115. The molecule has 0 aromatic carbocycles. The van der Waals surface area contributed by atoms with Gasteiger partial charge in [-0.1, -0.05) is 0 Å². The zero-order valence-electron chi connectivity index (χ0n) is 4.58. The average Bonchev–Trinajstić information content (AvgIpc) is 1.12. The number of hydrogen-bond acceptors (Lipinski definition) is 8. The SMILES string of the molecule is O[Si](O)(O)O.O[Si](O)(O)O.[MgH2]. The Morgan fingerprint density at radius 3 is 0.455 bits per heavy atom. The van der Waals surface area contributed by atoms with Crippen molar-refractivity contribution in [2.45, 2.75) is 0 Å². The zero-order valence-corrected chi connectivity index (χ0v) is 6.58. The van der Waals surface area contributed by atoms with Crippen molar-refractivity contribution in [1.29, 1.82) is 0 Å². The van der Waals surface area contributed by atoms with Gasteiger partial charge < -0.3 is 38.4 Å². The Bertz CT molecular complexity index is 55.1. The predicted molar refractivity (Wildman–Crippen MR) is 37.8 cm³/mol. The van der Waals surface area contributed by atoms with E-state index in [-0.39, 0.29) is 23.1 Å². The van der Waals surface area contributed by atoms with Crippen LogP contribution in [0.4, 0.5) is 0 Å². The van der Waals surface area contributed by atoms with Gasteiger partial charge in [-0.05, 0) is 0 Å². The molecule has 0 aromatic heterocycles. The molecule has 0 aromatic rings. The highest BCUT2D eigenvalue weighted by atomic mass is 28.4. The summed E-state index contributed by atoms with van der Waals surface area (Å²) in [7, 11) is -9.22. The van der Waals surface area contributed by atoms with Crippen molar-refractivity contribution in [3.05, 3.63) is 0 Å². The van der Waals surface area contributed by atoms with E-state index in [0.717, 1.165) is 0 Å². The van der Waals surface area contributed by atoms with Crippen molar-refractivity contribution >= 4 is 41.1 Å². The summed E-state index contributed by atoms with van der Waals surface area (Å²) < 4.78 is 0. The molecule has 0 spiro atoms. The lowest BCUT2D eigenvalue weighted by Gasteiger charge is -1.91. The van der Waals surface area contributed by atoms with Crippen molar-refractivity contribution in [2.75, 3.05) is 0 Å².